The monoisotopic (exact) mass is 648 g/mol. The molecule has 3 atom stereocenters. The van der Waals surface area contributed by atoms with E-state index in [0.717, 1.165) is 6.07 Å². The zero-order valence-corrected chi connectivity index (χ0v) is 25.0. The third-order valence-electron chi connectivity index (χ3n) is 7.95. The highest BCUT2D eigenvalue weighted by Crippen LogP contribution is 2.43. The van der Waals surface area contributed by atoms with Crippen molar-refractivity contribution in [1.82, 2.24) is 9.88 Å². The van der Waals surface area contributed by atoms with Gasteiger partial charge in [-0.05, 0) is 54.8 Å². The van der Waals surface area contributed by atoms with E-state index in [4.69, 9.17) is 16.3 Å². The molecule has 1 aromatic heterocycles. The van der Waals surface area contributed by atoms with E-state index >= 15 is 0 Å². The average Bonchev–Trinajstić information content (AvgIpc) is 3.00. The van der Waals surface area contributed by atoms with E-state index in [1.807, 2.05) is 0 Å². The van der Waals surface area contributed by atoms with Crippen molar-refractivity contribution in [2.24, 2.45) is 5.92 Å². The summed E-state index contributed by atoms with van der Waals surface area (Å²) in [4.78, 5) is 44.2. The zero-order valence-electron chi connectivity index (χ0n) is 24.2. The highest BCUT2D eigenvalue weighted by Gasteiger charge is 2.42. The van der Waals surface area contributed by atoms with E-state index in [2.05, 4.69) is 20.4 Å². The number of carbonyl (C=O) groups excluding carboxylic acids is 3. The lowest BCUT2D eigenvalue weighted by Gasteiger charge is -2.38. The second kappa shape index (κ2) is 12.9. The molecule has 0 spiro atoms. The molecule has 0 aliphatic carbocycles. The summed E-state index contributed by atoms with van der Waals surface area (Å²) in [6.07, 6.45) is -5.25. The Morgan fingerprint density at radius 2 is 1.91 bits per heavy atom. The van der Waals surface area contributed by atoms with E-state index in [1.54, 1.807) is 43.5 Å². The summed E-state index contributed by atoms with van der Waals surface area (Å²) in [5.74, 6) is -1.96. The predicted molar refractivity (Wildman–Crippen MR) is 157 cm³/mol. The van der Waals surface area contributed by atoms with Crippen LogP contribution >= 0.6 is 11.6 Å². The van der Waals surface area contributed by atoms with Crippen molar-refractivity contribution in [2.45, 2.75) is 50.9 Å². The maximum atomic E-state index is 14.9. The lowest BCUT2D eigenvalue weighted by Crippen LogP contribution is -2.42. The van der Waals surface area contributed by atoms with Gasteiger partial charge in [-0.3, -0.25) is 20.0 Å². The number of amides is 3. The van der Waals surface area contributed by atoms with Crippen molar-refractivity contribution >= 4 is 41.1 Å². The molecule has 3 amide bonds. The van der Waals surface area contributed by atoms with E-state index in [-0.39, 0.29) is 18.9 Å². The molecule has 2 bridgehead atoms. The first-order valence-electron chi connectivity index (χ1n) is 14.2. The van der Waals surface area contributed by atoms with Crippen LogP contribution in [0.5, 0.6) is 0 Å². The van der Waals surface area contributed by atoms with Crippen LogP contribution in [0.25, 0.3) is 11.1 Å². The number of aromatic nitrogens is 1. The van der Waals surface area contributed by atoms with E-state index in [0.29, 0.717) is 53.5 Å². The molecule has 1 unspecified atom stereocenters. The Morgan fingerprint density at radius 3 is 2.62 bits per heavy atom. The summed E-state index contributed by atoms with van der Waals surface area (Å²) >= 11 is 5.81. The van der Waals surface area contributed by atoms with Crippen molar-refractivity contribution in [3.8, 4) is 11.1 Å². The average molecular weight is 649 g/mol. The van der Waals surface area contributed by atoms with Gasteiger partial charge in [0, 0.05) is 41.9 Å². The third kappa shape index (κ3) is 6.82. The fourth-order valence-corrected chi connectivity index (χ4v) is 5.79. The van der Waals surface area contributed by atoms with Crippen molar-refractivity contribution < 1.29 is 41.4 Å². The van der Waals surface area contributed by atoms with Gasteiger partial charge < -0.3 is 14.8 Å². The maximum Gasteiger partial charge on any atom is 0.416 e. The molecule has 2 aliphatic heterocycles. The standard InChI is InChI=1S/C31H29ClF4N4O5/c1-16-4-3-5-24(40-13-11-25(45-30(40)43)26-20(31(34,35)36)8-9-21(32)27(26)33)23-14-17(10-12-37-23)19-7-6-18(38-29(42)44-2)15-22(19)39-28(16)41/h6-10,12,14-16,24-25H,3-5,11,13H2,1-2H3,(H,38,42)(H,39,41)/t16-,24?,25-/m1/s1. The van der Waals surface area contributed by atoms with Gasteiger partial charge in [0.15, 0.2) is 0 Å². The first-order valence-corrected chi connectivity index (χ1v) is 14.5. The molecular formula is C31H29ClF4N4O5. The van der Waals surface area contributed by atoms with Crippen LogP contribution in [0.4, 0.5) is 38.5 Å². The highest BCUT2D eigenvalue weighted by atomic mass is 35.5. The minimum Gasteiger partial charge on any atom is -0.453 e. The molecule has 0 radical (unpaired) electrons. The topological polar surface area (TPSA) is 110 Å². The first-order chi connectivity index (χ1) is 21.4. The molecule has 14 heteroatoms. The summed E-state index contributed by atoms with van der Waals surface area (Å²) in [7, 11) is 1.23. The van der Waals surface area contributed by atoms with Gasteiger partial charge in [0.1, 0.15) is 11.9 Å². The van der Waals surface area contributed by atoms with Crippen LogP contribution in [-0.2, 0) is 20.4 Å². The Hall–Kier alpha value is -4.39. The molecule has 2 N–H and O–H groups in total. The van der Waals surface area contributed by atoms with Gasteiger partial charge in [0.2, 0.25) is 5.91 Å². The zero-order chi connectivity index (χ0) is 32.5. The number of nitrogens with zero attached hydrogens (tertiary/aromatic N) is 2. The molecule has 3 aromatic rings. The quantitative estimate of drug-likeness (QED) is 0.278. The number of rotatable bonds is 3. The fourth-order valence-electron chi connectivity index (χ4n) is 5.62. The number of ether oxygens (including phenoxy) is 2. The minimum absolute atomic E-state index is 0.0431. The number of carbonyl (C=O) groups is 3. The van der Waals surface area contributed by atoms with Crippen LogP contribution in [0.1, 0.15) is 61.6 Å². The van der Waals surface area contributed by atoms with Crippen LogP contribution < -0.4 is 10.6 Å². The largest absolute Gasteiger partial charge is 0.453 e. The number of hydrogen-bond acceptors (Lipinski definition) is 6. The van der Waals surface area contributed by atoms with Crippen molar-refractivity contribution in [2.75, 3.05) is 24.3 Å². The molecule has 3 heterocycles. The Labute approximate surface area is 260 Å². The third-order valence-corrected chi connectivity index (χ3v) is 8.24. The first kappa shape index (κ1) is 32.0. The number of benzene rings is 2. The molecule has 2 aromatic carbocycles. The molecule has 2 aliphatic rings. The summed E-state index contributed by atoms with van der Waals surface area (Å²) in [6.45, 7) is 1.72. The van der Waals surface area contributed by atoms with E-state index in [1.165, 1.54) is 12.0 Å². The van der Waals surface area contributed by atoms with Crippen LogP contribution in [0.3, 0.4) is 0 Å². The lowest BCUT2D eigenvalue weighted by atomic mass is 9.93. The molecule has 5 rings (SSSR count). The van der Waals surface area contributed by atoms with Gasteiger partial charge in [0.25, 0.3) is 0 Å². The van der Waals surface area contributed by atoms with Crippen LogP contribution in [0, 0.1) is 11.7 Å². The SMILES string of the molecule is COC(=O)Nc1ccc2c(c1)NC(=O)[C@H](C)CCCC(N1CC[C@H](c3c(C(F)(F)F)ccc(Cl)c3F)OC1=O)c1cc-2ccn1. The Morgan fingerprint density at radius 1 is 1.13 bits per heavy atom. The van der Waals surface area contributed by atoms with Crippen molar-refractivity contribution in [1.29, 1.82) is 0 Å². The summed E-state index contributed by atoms with van der Waals surface area (Å²) in [6, 6.07) is 9.27. The second-order valence-electron chi connectivity index (χ2n) is 10.9. The lowest BCUT2D eigenvalue weighted by molar-refractivity contribution is -0.140. The summed E-state index contributed by atoms with van der Waals surface area (Å²) < 4.78 is 66.3. The van der Waals surface area contributed by atoms with Crippen LogP contribution in [0.15, 0.2) is 48.7 Å². The summed E-state index contributed by atoms with van der Waals surface area (Å²) in [5, 5.41) is 5.00. The number of fused-ring (bicyclic) bond motifs is 4. The normalized spacial score (nSPS) is 20.6. The van der Waals surface area contributed by atoms with E-state index < -0.39 is 58.4 Å². The predicted octanol–water partition coefficient (Wildman–Crippen LogP) is 8.12. The van der Waals surface area contributed by atoms with Gasteiger partial charge in [-0.1, -0.05) is 31.0 Å². The number of cyclic esters (lactones) is 1. The van der Waals surface area contributed by atoms with E-state index in [9.17, 15) is 31.9 Å². The van der Waals surface area contributed by atoms with Crippen molar-refractivity contribution in [3.63, 3.8) is 0 Å². The maximum absolute atomic E-state index is 14.9. The smallest absolute Gasteiger partial charge is 0.416 e. The number of halogens is 5. The Balaban J connectivity index is 1.49. The van der Waals surface area contributed by atoms with Crippen LogP contribution in [0.2, 0.25) is 5.02 Å². The molecule has 238 valence electrons. The number of pyridine rings is 1. The second-order valence-corrected chi connectivity index (χ2v) is 11.3. The fraction of sp³-hybridized carbons (Fsp3) is 0.355. The number of methoxy groups -OCH3 is 1. The number of alkyl halides is 3. The molecule has 1 fully saturated rings. The van der Waals surface area contributed by atoms with Gasteiger partial charge in [-0.25, -0.2) is 14.0 Å². The molecule has 0 saturated carbocycles. The number of hydrogen-bond donors (Lipinski definition) is 2. The molecule has 45 heavy (non-hydrogen) atoms. The van der Waals surface area contributed by atoms with Crippen molar-refractivity contribution in [3.05, 3.63) is 76.3 Å². The van der Waals surface area contributed by atoms with Crippen LogP contribution in [-0.4, -0.2) is 41.6 Å². The molecule has 9 nitrogen and oxygen atoms in total. The molecular weight excluding hydrogens is 620 g/mol. The number of anilines is 2. The Kier molecular flexibility index (Phi) is 9.19. The molecule has 1 saturated heterocycles. The number of nitrogens with one attached hydrogen (secondary N) is 2. The van der Waals surface area contributed by atoms with Gasteiger partial charge in [0.05, 0.1) is 35.1 Å². The minimum atomic E-state index is -4.89. The van der Waals surface area contributed by atoms with Gasteiger partial charge >= 0.3 is 18.4 Å². The highest BCUT2D eigenvalue weighted by molar-refractivity contribution is 6.30. The summed E-state index contributed by atoms with van der Waals surface area (Å²) in [5.41, 5.74) is 0.521. The Bertz CT molecular complexity index is 1640. The van der Waals surface area contributed by atoms with Gasteiger partial charge in [-0.2, -0.15) is 13.2 Å². The van der Waals surface area contributed by atoms with Gasteiger partial charge in [-0.15, -0.1) is 0 Å².